The number of rotatable bonds is 4. The summed E-state index contributed by atoms with van der Waals surface area (Å²) in [4.78, 5) is 6.81. The van der Waals surface area contributed by atoms with Gasteiger partial charge in [-0.05, 0) is 55.0 Å². The van der Waals surface area contributed by atoms with E-state index in [0.717, 1.165) is 46.0 Å². The van der Waals surface area contributed by atoms with Crippen molar-refractivity contribution >= 4 is 34.3 Å². The smallest absolute Gasteiger partial charge is 0.519 e. The predicted octanol–water partition coefficient (Wildman–Crippen LogP) is 5.24. The van der Waals surface area contributed by atoms with Crippen LogP contribution in [0, 0.1) is 0 Å². The summed E-state index contributed by atoms with van der Waals surface area (Å²) >= 11 is 0. The molecule has 0 N–H and O–H groups in total. The fourth-order valence-corrected chi connectivity index (χ4v) is 4.80. The number of aromatic nitrogens is 2. The number of ether oxygens (including phenoxy) is 1. The number of pyridine rings is 1. The Labute approximate surface area is 191 Å². The average molecular weight is 429 g/mol. The van der Waals surface area contributed by atoms with Crippen LogP contribution < -0.4 is 10.2 Å². The third kappa shape index (κ3) is 2.91. The summed E-state index contributed by atoms with van der Waals surface area (Å²) in [7, 11) is 2.01. The molecule has 0 saturated carbocycles. The maximum absolute atomic E-state index is 6.33. The SMILES string of the molecule is CN1B(c2cccc(Oc3ccc4c5ccccc5n(-c5ccccn5)c4c3)c2)OC2=C1C2. The van der Waals surface area contributed by atoms with Crippen molar-refractivity contribution in [3.05, 3.63) is 103 Å². The molecule has 3 aromatic carbocycles. The molecule has 0 atom stereocenters. The molecule has 5 nitrogen and oxygen atoms in total. The van der Waals surface area contributed by atoms with E-state index in [9.17, 15) is 0 Å². The Morgan fingerprint density at radius 1 is 0.848 bits per heavy atom. The second-order valence-corrected chi connectivity index (χ2v) is 8.52. The molecule has 2 aromatic heterocycles. The molecule has 0 radical (unpaired) electrons. The van der Waals surface area contributed by atoms with Gasteiger partial charge in [0, 0.05) is 35.2 Å². The molecular formula is C27H20BN3O2. The number of para-hydroxylation sites is 1. The van der Waals surface area contributed by atoms with Gasteiger partial charge in [-0.2, -0.15) is 0 Å². The zero-order chi connectivity index (χ0) is 21.9. The van der Waals surface area contributed by atoms with Gasteiger partial charge in [0.05, 0.1) is 11.0 Å². The molecule has 0 unspecified atom stereocenters. The predicted molar refractivity (Wildman–Crippen MR) is 131 cm³/mol. The highest BCUT2D eigenvalue weighted by atomic mass is 16.5. The maximum atomic E-state index is 6.33. The standard InChI is InChI=1S/C27H20BN3O2/c1-30-25-17-26(25)33-28(30)18-7-6-8-19(15-18)32-20-12-13-22-21-9-2-3-10-23(21)31(24(22)16-20)27-11-4-5-14-29-27/h2-16H,17H2,1H3. The first-order valence-corrected chi connectivity index (χ1v) is 11.1. The Hall–Kier alpha value is -4.19. The summed E-state index contributed by atoms with van der Waals surface area (Å²) in [6, 6.07) is 28.8. The van der Waals surface area contributed by atoms with Crippen LogP contribution in [0.15, 0.2) is 103 Å². The lowest BCUT2D eigenvalue weighted by Crippen LogP contribution is -2.44. The Morgan fingerprint density at radius 2 is 1.70 bits per heavy atom. The maximum Gasteiger partial charge on any atom is 0.519 e. The Balaban J connectivity index is 1.29. The van der Waals surface area contributed by atoms with Gasteiger partial charge < -0.3 is 14.2 Å². The lowest BCUT2D eigenvalue weighted by atomic mass is 9.72. The molecule has 2 aliphatic rings. The number of benzene rings is 3. The molecule has 0 saturated heterocycles. The minimum Gasteiger partial charge on any atom is -0.539 e. The zero-order valence-corrected chi connectivity index (χ0v) is 18.1. The van der Waals surface area contributed by atoms with E-state index in [1.54, 1.807) is 0 Å². The molecule has 0 amide bonds. The lowest BCUT2D eigenvalue weighted by molar-refractivity contribution is 0.428. The van der Waals surface area contributed by atoms with Crippen LogP contribution in [0.5, 0.6) is 11.5 Å². The van der Waals surface area contributed by atoms with Gasteiger partial charge >= 0.3 is 7.05 Å². The van der Waals surface area contributed by atoms with Gasteiger partial charge in [0.2, 0.25) is 0 Å². The lowest BCUT2D eigenvalue weighted by Gasteiger charge is -2.20. The second-order valence-electron chi connectivity index (χ2n) is 8.52. The van der Waals surface area contributed by atoms with Crippen molar-refractivity contribution in [1.29, 1.82) is 0 Å². The molecule has 1 aliphatic heterocycles. The van der Waals surface area contributed by atoms with Gasteiger partial charge in [0.15, 0.2) is 0 Å². The molecule has 1 aliphatic carbocycles. The van der Waals surface area contributed by atoms with Crippen LogP contribution in [0.2, 0.25) is 0 Å². The number of fused-ring (bicyclic) bond motifs is 3. The molecule has 0 spiro atoms. The van der Waals surface area contributed by atoms with Crippen molar-refractivity contribution in [1.82, 2.24) is 14.4 Å². The molecule has 33 heavy (non-hydrogen) atoms. The Morgan fingerprint density at radius 3 is 2.55 bits per heavy atom. The first-order chi connectivity index (χ1) is 16.3. The first-order valence-electron chi connectivity index (χ1n) is 11.1. The minimum absolute atomic E-state index is 0.0681. The van der Waals surface area contributed by atoms with Crippen molar-refractivity contribution < 1.29 is 9.39 Å². The fraction of sp³-hybridized carbons (Fsp3) is 0.0741. The van der Waals surface area contributed by atoms with Crippen LogP contribution in [0.1, 0.15) is 6.42 Å². The van der Waals surface area contributed by atoms with Gasteiger partial charge in [-0.15, -0.1) is 0 Å². The van der Waals surface area contributed by atoms with Gasteiger partial charge in [-0.3, -0.25) is 4.57 Å². The molecule has 3 heterocycles. The highest BCUT2D eigenvalue weighted by Gasteiger charge is 2.45. The van der Waals surface area contributed by atoms with Crippen LogP contribution >= 0.6 is 0 Å². The Kier molecular flexibility index (Phi) is 3.85. The van der Waals surface area contributed by atoms with Crippen molar-refractivity contribution in [3.63, 3.8) is 0 Å². The van der Waals surface area contributed by atoms with Crippen molar-refractivity contribution in [2.24, 2.45) is 0 Å². The monoisotopic (exact) mass is 429 g/mol. The summed E-state index contributed by atoms with van der Waals surface area (Å²) in [6.45, 7) is 0. The molecule has 5 aromatic rings. The normalized spacial score (nSPS) is 14.7. The van der Waals surface area contributed by atoms with Crippen LogP contribution in [0.25, 0.3) is 27.6 Å². The summed E-state index contributed by atoms with van der Waals surface area (Å²) < 4.78 is 14.6. The van der Waals surface area contributed by atoms with Crippen molar-refractivity contribution in [2.45, 2.75) is 6.42 Å². The minimum atomic E-state index is -0.0681. The van der Waals surface area contributed by atoms with E-state index in [-0.39, 0.29) is 7.05 Å². The number of nitrogens with zero attached hydrogens (tertiary/aromatic N) is 3. The summed E-state index contributed by atoms with van der Waals surface area (Å²) in [5.74, 6) is 3.58. The highest BCUT2D eigenvalue weighted by Crippen LogP contribution is 2.41. The quantitative estimate of drug-likeness (QED) is 0.366. The third-order valence-electron chi connectivity index (χ3n) is 6.46. The Bertz CT molecular complexity index is 1570. The largest absolute Gasteiger partial charge is 0.539 e. The molecule has 7 rings (SSSR count). The molecule has 6 heteroatoms. The molecule has 158 valence electrons. The van der Waals surface area contributed by atoms with Gasteiger partial charge in [0.25, 0.3) is 0 Å². The third-order valence-corrected chi connectivity index (χ3v) is 6.46. The van der Waals surface area contributed by atoms with E-state index in [0.29, 0.717) is 0 Å². The highest BCUT2D eigenvalue weighted by molar-refractivity contribution is 6.66. The van der Waals surface area contributed by atoms with Crippen LogP contribution in [0.3, 0.4) is 0 Å². The van der Waals surface area contributed by atoms with Crippen molar-refractivity contribution in [2.75, 3.05) is 7.05 Å². The molecule has 0 fully saturated rings. The summed E-state index contributed by atoms with van der Waals surface area (Å²) in [5.41, 5.74) is 4.58. The van der Waals surface area contributed by atoms with E-state index in [1.165, 1.54) is 16.5 Å². The van der Waals surface area contributed by atoms with E-state index < -0.39 is 0 Å². The van der Waals surface area contributed by atoms with Gasteiger partial charge in [0.1, 0.15) is 23.1 Å². The first kappa shape index (κ1) is 18.4. The second kappa shape index (κ2) is 6.91. The van der Waals surface area contributed by atoms with E-state index in [1.807, 2.05) is 42.6 Å². The number of hydrogen-bond donors (Lipinski definition) is 0. The molecular weight excluding hydrogens is 409 g/mol. The summed E-state index contributed by atoms with van der Waals surface area (Å²) in [5, 5.41) is 2.37. The number of allylic oxidation sites excluding steroid dienone is 2. The van der Waals surface area contributed by atoms with Gasteiger partial charge in [-0.25, -0.2) is 4.98 Å². The fourth-order valence-electron chi connectivity index (χ4n) is 4.80. The number of hydrogen-bond acceptors (Lipinski definition) is 4. The van der Waals surface area contributed by atoms with Gasteiger partial charge in [-0.1, -0.05) is 36.4 Å². The van der Waals surface area contributed by atoms with Crippen LogP contribution in [-0.4, -0.2) is 28.5 Å². The van der Waals surface area contributed by atoms with Crippen LogP contribution in [-0.2, 0) is 4.65 Å². The van der Waals surface area contributed by atoms with E-state index >= 15 is 0 Å². The average Bonchev–Trinajstić information content (AvgIpc) is 3.46. The van der Waals surface area contributed by atoms with Crippen molar-refractivity contribution in [3.8, 4) is 17.3 Å². The summed E-state index contributed by atoms with van der Waals surface area (Å²) in [6.07, 6.45) is 2.80. The topological polar surface area (TPSA) is 39.5 Å². The zero-order valence-electron chi connectivity index (χ0n) is 18.1. The van der Waals surface area contributed by atoms with E-state index in [2.05, 4.69) is 69.9 Å². The van der Waals surface area contributed by atoms with Crippen LogP contribution in [0.4, 0.5) is 0 Å². The molecule has 0 bridgehead atoms. The van der Waals surface area contributed by atoms with E-state index in [4.69, 9.17) is 9.39 Å².